The van der Waals surface area contributed by atoms with E-state index in [1.807, 2.05) is 42.2 Å². The fourth-order valence-electron chi connectivity index (χ4n) is 2.01. The first-order chi connectivity index (χ1) is 7.31. The summed E-state index contributed by atoms with van der Waals surface area (Å²) in [6.45, 7) is 2.80. The van der Waals surface area contributed by atoms with Crippen molar-refractivity contribution in [1.82, 2.24) is 4.90 Å². The Balaban J connectivity index is 2.04. The van der Waals surface area contributed by atoms with Crippen molar-refractivity contribution in [2.24, 2.45) is 0 Å². The molecule has 2 rings (SSSR count). The SMILES string of the molecule is CCN1C(=O)CCC1Nc1ccccc1. The highest BCUT2D eigenvalue weighted by Gasteiger charge is 2.29. The van der Waals surface area contributed by atoms with Gasteiger partial charge in [-0.3, -0.25) is 4.79 Å². The number of carbonyl (C=O) groups is 1. The molecule has 1 aliphatic rings. The van der Waals surface area contributed by atoms with Crippen LogP contribution < -0.4 is 5.32 Å². The normalized spacial score (nSPS) is 20.7. The molecule has 1 N–H and O–H groups in total. The summed E-state index contributed by atoms with van der Waals surface area (Å²) in [7, 11) is 0. The molecule has 1 amide bonds. The van der Waals surface area contributed by atoms with Gasteiger partial charge in [-0.2, -0.15) is 0 Å². The lowest BCUT2D eigenvalue weighted by Crippen LogP contribution is -2.37. The molecule has 0 aromatic heterocycles. The first-order valence-electron chi connectivity index (χ1n) is 5.42. The molecule has 3 heteroatoms. The van der Waals surface area contributed by atoms with E-state index in [1.54, 1.807) is 0 Å². The average Bonchev–Trinajstić information content (AvgIpc) is 2.61. The zero-order valence-electron chi connectivity index (χ0n) is 8.94. The van der Waals surface area contributed by atoms with Crippen LogP contribution in [0.4, 0.5) is 5.69 Å². The van der Waals surface area contributed by atoms with Crippen LogP contribution in [0.5, 0.6) is 0 Å². The lowest BCUT2D eigenvalue weighted by atomic mass is 10.3. The fraction of sp³-hybridized carbons (Fsp3) is 0.417. The first-order valence-corrected chi connectivity index (χ1v) is 5.42. The highest BCUT2D eigenvalue weighted by molar-refractivity contribution is 5.79. The minimum atomic E-state index is 0.171. The molecule has 1 aliphatic heterocycles. The lowest BCUT2D eigenvalue weighted by Gasteiger charge is -2.24. The van der Waals surface area contributed by atoms with Crippen LogP contribution in [0.1, 0.15) is 19.8 Å². The monoisotopic (exact) mass is 204 g/mol. The van der Waals surface area contributed by atoms with E-state index in [0.29, 0.717) is 6.42 Å². The molecule has 15 heavy (non-hydrogen) atoms. The van der Waals surface area contributed by atoms with Crippen molar-refractivity contribution in [3.63, 3.8) is 0 Å². The zero-order valence-corrected chi connectivity index (χ0v) is 8.94. The maximum absolute atomic E-state index is 11.5. The summed E-state index contributed by atoms with van der Waals surface area (Å²) in [5.41, 5.74) is 1.08. The number of amides is 1. The summed E-state index contributed by atoms with van der Waals surface area (Å²) in [6, 6.07) is 10.0. The van der Waals surface area contributed by atoms with Gasteiger partial charge >= 0.3 is 0 Å². The average molecular weight is 204 g/mol. The van der Waals surface area contributed by atoms with E-state index < -0.39 is 0 Å². The van der Waals surface area contributed by atoms with Gasteiger partial charge in [-0.05, 0) is 25.5 Å². The van der Waals surface area contributed by atoms with E-state index >= 15 is 0 Å². The Morgan fingerprint density at radius 2 is 2.13 bits per heavy atom. The number of anilines is 1. The number of hydrogen-bond donors (Lipinski definition) is 1. The van der Waals surface area contributed by atoms with Gasteiger partial charge in [0.05, 0.1) is 0 Å². The zero-order chi connectivity index (χ0) is 10.7. The molecule has 0 spiro atoms. The Morgan fingerprint density at radius 1 is 1.40 bits per heavy atom. The first kappa shape index (κ1) is 10.0. The quantitative estimate of drug-likeness (QED) is 0.817. The molecule has 0 saturated carbocycles. The third-order valence-corrected chi connectivity index (χ3v) is 2.78. The number of carbonyl (C=O) groups excluding carboxylic acids is 1. The van der Waals surface area contributed by atoms with Crippen LogP contribution in [-0.2, 0) is 4.79 Å². The van der Waals surface area contributed by atoms with Crippen LogP contribution in [-0.4, -0.2) is 23.5 Å². The van der Waals surface area contributed by atoms with Gasteiger partial charge < -0.3 is 10.2 Å². The molecule has 1 atom stereocenters. The molecule has 1 heterocycles. The third kappa shape index (κ3) is 2.12. The van der Waals surface area contributed by atoms with Crippen LogP contribution in [0.3, 0.4) is 0 Å². The van der Waals surface area contributed by atoms with E-state index in [2.05, 4.69) is 5.32 Å². The molecule has 1 saturated heterocycles. The Bertz CT molecular complexity index is 337. The van der Waals surface area contributed by atoms with Crippen LogP contribution in [0.15, 0.2) is 30.3 Å². The van der Waals surface area contributed by atoms with Crippen molar-refractivity contribution < 1.29 is 4.79 Å². The topological polar surface area (TPSA) is 32.3 Å². The third-order valence-electron chi connectivity index (χ3n) is 2.78. The van der Waals surface area contributed by atoms with Crippen LogP contribution in [0, 0.1) is 0 Å². The number of hydrogen-bond acceptors (Lipinski definition) is 2. The maximum Gasteiger partial charge on any atom is 0.224 e. The van der Waals surface area contributed by atoms with Crippen molar-refractivity contribution >= 4 is 11.6 Å². The van der Waals surface area contributed by atoms with Gasteiger partial charge in [-0.1, -0.05) is 18.2 Å². The second-order valence-electron chi connectivity index (χ2n) is 3.74. The predicted octanol–water partition coefficient (Wildman–Crippen LogP) is 2.07. The van der Waals surface area contributed by atoms with E-state index in [0.717, 1.165) is 18.7 Å². The molecule has 0 aliphatic carbocycles. The minimum absolute atomic E-state index is 0.171. The molecule has 3 nitrogen and oxygen atoms in total. The number of benzene rings is 1. The van der Waals surface area contributed by atoms with Gasteiger partial charge in [0.15, 0.2) is 0 Å². The second kappa shape index (κ2) is 4.34. The maximum atomic E-state index is 11.5. The largest absolute Gasteiger partial charge is 0.365 e. The van der Waals surface area contributed by atoms with Crippen LogP contribution in [0.25, 0.3) is 0 Å². The number of nitrogens with zero attached hydrogens (tertiary/aromatic N) is 1. The van der Waals surface area contributed by atoms with Crippen molar-refractivity contribution in [2.75, 3.05) is 11.9 Å². The molecule has 1 fully saturated rings. The van der Waals surface area contributed by atoms with Gasteiger partial charge in [0.2, 0.25) is 5.91 Å². The standard InChI is InChI=1S/C12H16N2O/c1-2-14-11(8-9-12(14)15)13-10-6-4-3-5-7-10/h3-7,11,13H,2,8-9H2,1H3. The Kier molecular flexibility index (Phi) is 2.90. The van der Waals surface area contributed by atoms with Gasteiger partial charge in [-0.25, -0.2) is 0 Å². The number of nitrogens with one attached hydrogen (secondary N) is 1. The van der Waals surface area contributed by atoms with Crippen LogP contribution in [0.2, 0.25) is 0 Å². The van der Waals surface area contributed by atoms with Crippen molar-refractivity contribution in [3.8, 4) is 0 Å². The number of likely N-dealkylation sites (tertiary alicyclic amines) is 1. The van der Waals surface area contributed by atoms with Gasteiger partial charge in [-0.15, -0.1) is 0 Å². The summed E-state index contributed by atoms with van der Waals surface area (Å²) in [6.07, 6.45) is 1.74. The minimum Gasteiger partial charge on any atom is -0.365 e. The van der Waals surface area contributed by atoms with Gasteiger partial charge in [0, 0.05) is 18.7 Å². The summed E-state index contributed by atoms with van der Waals surface area (Å²) >= 11 is 0. The molecule has 0 bridgehead atoms. The van der Waals surface area contributed by atoms with Crippen molar-refractivity contribution in [1.29, 1.82) is 0 Å². The Hall–Kier alpha value is -1.51. The van der Waals surface area contributed by atoms with E-state index in [4.69, 9.17) is 0 Å². The van der Waals surface area contributed by atoms with E-state index in [-0.39, 0.29) is 12.1 Å². The summed E-state index contributed by atoms with van der Waals surface area (Å²) in [5.74, 6) is 0.255. The predicted molar refractivity (Wildman–Crippen MR) is 60.5 cm³/mol. The second-order valence-corrected chi connectivity index (χ2v) is 3.74. The van der Waals surface area contributed by atoms with Gasteiger partial charge in [0.1, 0.15) is 6.17 Å². The van der Waals surface area contributed by atoms with Crippen LogP contribution >= 0.6 is 0 Å². The molecule has 0 radical (unpaired) electrons. The molecular weight excluding hydrogens is 188 g/mol. The molecular formula is C12H16N2O. The number of rotatable bonds is 3. The number of para-hydroxylation sites is 1. The van der Waals surface area contributed by atoms with E-state index in [9.17, 15) is 4.79 Å². The highest BCUT2D eigenvalue weighted by atomic mass is 16.2. The lowest BCUT2D eigenvalue weighted by molar-refractivity contribution is -0.128. The van der Waals surface area contributed by atoms with Crippen molar-refractivity contribution in [3.05, 3.63) is 30.3 Å². The summed E-state index contributed by atoms with van der Waals surface area (Å²) in [5, 5.41) is 3.38. The highest BCUT2D eigenvalue weighted by Crippen LogP contribution is 2.20. The summed E-state index contributed by atoms with van der Waals surface area (Å²) in [4.78, 5) is 13.4. The van der Waals surface area contributed by atoms with Crippen molar-refractivity contribution in [2.45, 2.75) is 25.9 Å². The molecule has 1 aromatic carbocycles. The summed E-state index contributed by atoms with van der Waals surface area (Å²) < 4.78 is 0. The molecule has 80 valence electrons. The Morgan fingerprint density at radius 3 is 2.80 bits per heavy atom. The fourth-order valence-corrected chi connectivity index (χ4v) is 2.01. The van der Waals surface area contributed by atoms with Gasteiger partial charge in [0.25, 0.3) is 0 Å². The Labute approximate surface area is 90.1 Å². The molecule has 1 aromatic rings. The molecule has 1 unspecified atom stereocenters. The smallest absolute Gasteiger partial charge is 0.224 e. The van der Waals surface area contributed by atoms with E-state index in [1.165, 1.54) is 0 Å².